The summed E-state index contributed by atoms with van der Waals surface area (Å²) in [5.41, 5.74) is 3.17. The molecular weight excluding hydrogens is 307 g/mol. The standard InChI is InChI=1S/C18H21FN4O/c1-12-4-6-15(11-16(12)19)23-18(24)21-10-8-14-7-5-13-3-2-9-20-17(13)22-14/h4-7,11H,2-3,8-10H2,1H3,(H,20,22)(H2,21,23,24). The largest absolute Gasteiger partial charge is 0.370 e. The highest BCUT2D eigenvalue weighted by molar-refractivity contribution is 5.89. The van der Waals surface area contributed by atoms with Crippen LogP contribution in [0.2, 0.25) is 0 Å². The maximum absolute atomic E-state index is 13.5. The van der Waals surface area contributed by atoms with Gasteiger partial charge in [0.25, 0.3) is 0 Å². The zero-order valence-corrected chi connectivity index (χ0v) is 13.7. The van der Waals surface area contributed by atoms with Crippen molar-refractivity contribution in [3.8, 4) is 0 Å². The Labute approximate surface area is 140 Å². The van der Waals surface area contributed by atoms with Crippen molar-refractivity contribution < 1.29 is 9.18 Å². The number of carbonyl (C=O) groups excluding carboxylic acids is 1. The van der Waals surface area contributed by atoms with Gasteiger partial charge in [0.2, 0.25) is 0 Å². The number of nitrogens with zero attached hydrogens (tertiary/aromatic N) is 1. The van der Waals surface area contributed by atoms with E-state index in [2.05, 4.69) is 27.0 Å². The molecule has 1 aliphatic rings. The molecule has 2 heterocycles. The molecule has 0 fully saturated rings. The van der Waals surface area contributed by atoms with Gasteiger partial charge < -0.3 is 16.0 Å². The van der Waals surface area contributed by atoms with Crippen LogP contribution >= 0.6 is 0 Å². The Morgan fingerprint density at radius 2 is 2.21 bits per heavy atom. The van der Waals surface area contributed by atoms with E-state index < -0.39 is 0 Å². The number of rotatable bonds is 4. The highest BCUT2D eigenvalue weighted by atomic mass is 19.1. The van der Waals surface area contributed by atoms with Gasteiger partial charge in [-0.15, -0.1) is 0 Å². The molecule has 126 valence electrons. The zero-order chi connectivity index (χ0) is 16.9. The molecule has 1 aromatic heterocycles. The number of pyridine rings is 1. The third-order valence-corrected chi connectivity index (χ3v) is 4.05. The number of carbonyl (C=O) groups is 1. The van der Waals surface area contributed by atoms with E-state index >= 15 is 0 Å². The van der Waals surface area contributed by atoms with Gasteiger partial charge in [-0.25, -0.2) is 14.2 Å². The number of hydrogen-bond donors (Lipinski definition) is 3. The molecule has 0 atom stereocenters. The average Bonchev–Trinajstić information content (AvgIpc) is 2.58. The van der Waals surface area contributed by atoms with Crippen molar-refractivity contribution in [1.82, 2.24) is 10.3 Å². The number of aromatic nitrogens is 1. The van der Waals surface area contributed by atoms with E-state index in [1.54, 1.807) is 19.1 Å². The van der Waals surface area contributed by atoms with Crippen molar-refractivity contribution in [3.05, 3.63) is 53.0 Å². The van der Waals surface area contributed by atoms with Gasteiger partial charge in [-0.2, -0.15) is 0 Å². The van der Waals surface area contributed by atoms with Gasteiger partial charge in [0.15, 0.2) is 0 Å². The lowest BCUT2D eigenvalue weighted by Crippen LogP contribution is -2.30. The number of benzene rings is 1. The summed E-state index contributed by atoms with van der Waals surface area (Å²) in [5, 5.41) is 8.68. The van der Waals surface area contributed by atoms with Gasteiger partial charge in [-0.3, -0.25) is 0 Å². The Morgan fingerprint density at radius 3 is 3.04 bits per heavy atom. The van der Waals surface area contributed by atoms with Gasteiger partial charge >= 0.3 is 6.03 Å². The molecule has 0 unspecified atom stereocenters. The molecule has 0 radical (unpaired) electrons. The minimum Gasteiger partial charge on any atom is -0.370 e. The number of fused-ring (bicyclic) bond motifs is 1. The van der Waals surface area contributed by atoms with Crippen molar-refractivity contribution in [1.29, 1.82) is 0 Å². The summed E-state index contributed by atoms with van der Waals surface area (Å²) >= 11 is 0. The van der Waals surface area contributed by atoms with Crippen LogP contribution < -0.4 is 16.0 Å². The number of anilines is 2. The maximum atomic E-state index is 13.5. The van der Waals surface area contributed by atoms with E-state index in [0.29, 0.717) is 24.2 Å². The van der Waals surface area contributed by atoms with E-state index in [-0.39, 0.29) is 11.8 Å². The fourth-order valence-electron chi connectivity index (χ4n) is 2.66. The first-order valence-corrected chi connectivity index (χ1v) is 8.15. The van der Waals surface area contributed by atoms with Crippen LogP contribution in [0, 0.1) is 12.7 Å². The van der Waals surface area contributed by atoms with E-state index in [1.165, 1.54) is 11.6 Å². The van der Waals surface area contributed by atoms with Crippen LogP contribution in [0.25, 0.3) is 0 Å². The zero-order valence-electron chi connectivity index (χ0n) is 13.7. The summed E-state index contributed by atoms with van der Waals surface area (Å²) in [4.78, 5) is 16.4. The predicted octanol–water partition coefficient (Wildman–Crippen LogP) is 3.25. The van der Waals surface area contributed by atoms with Crippen LogP contribution in [0.15, 0.2) is 30.3 Å². The molecule has 5 nitrogen and oxygen atoms in total. The molecule has 0 saturated carbocycles. The average molecular weight is 328 g/mol. The third-order valence-electron chi connectivity index (χ3n) is 4.05. The summed E-state index contributed by atoms with van der Waals surface area (Å²) in [6, 6.07) is 8.36. The molecule has 2 amide bonds. The predicted molar refractivity (Wildman–Crippen MR) is 92.9 cm³/mol. The molecule has 1 aromatic carbocycles. The van der Waals surface area contributed by atoms with Crippen LogP contribution in [-0.2, 0) is 12.8 Å². The van der Waals surface area contributed by atoms with Crippen molar-refractivity contribution >= 4 is 17.5 Å². The van der Waals surface area contributed by atoms with E-state index in [1.807, 2.05) is 6.07 Å². The number of hydrogen-bond acceptors (Lipinski definition) is 3. The van der Waals surface area contributed by atoms with Crippen molar-refractivity contribution in [2.45, 2.75) is 26.2 Å². The fraction of sp³-hybridized carbons (Fsp3) is 0.333. The van der Waals surface area contributed by atoms with E-state index in [0.717, 1.165) is 30.9 Å². The monoisotopic (exact) mass is 328 g/mol. The molecule has 0 bridgehead atoms. The minimum absolute atomic E-state index is 0.335. The molecular formula is C18H21FN4O. The number of urea groups is 1. The molecule has 3 rings (SSSR count). The summed E-state index contributed by atoms with van der Waals surface area (Å²) < 4.78 is 13.5. The number of amides is 2. The summed E-state index contributed by atoms with van der Waals surface area (Å²) in [6.07, 6.45) is 2.84. The smallest absolute Gasteiger partial charge is 0.319 e. The van der Waals surface area contributed by atoms with Crippen molar-refractivity contribution in [3.63, 3.8) is 0 Å². The van der Waals surface area contributed by atoms with Crippen molar-refractivity contribution in [2.24, 2.45) is 0 Å². The molecule has 0 spiro atoms. The quantitative estimate of drug-likeness (QED) is 0.807. The highest BCUT2D eigenvalue weighted by Crippen LogP contribution is 2.19. The van der Waals surface area contributed by atoms with Crippen LogP contribution in [-0.4, -0.2) is 24.1 Å². The molecule has 0 aliphatic carbocycles. The van der Waals surface area contributed by atoms with E-state index in [4.69, 9.17) is 0 Å². The van der Waals surface area contributed by atoms with Gasteiger partial charge in [0.05, 0.1) is 0 Å². The third kappa shape index (κ3) is 4.01. The van der Waals surface area contributed by atoms with Gasteiger partial charge in [-0.1, -0.05) is 12.1 Å². The van der Waals surface area contributed by atoms with Gasteiger partial charge in [0, 0.05) is 30.9 Å². The van der Waals surface area contributed by atoms with Gasteiger partial charge in [0.1, 0.15) is 11.6 Å². The summed E-state index contributed by atoms with van der Waals surface area (Å²) in [6.45, 7) is 3.10. The fourth-order valence-corrected chi connectivity index (χ4v) is 2.66. The molecule has 6 heteroatoms. The SMILES string of the molecule is Cc1ccc(NC(=O)NCCc2ccc3c(n2)NCCC3)cc1F. The lowest BCUT2D eigenvalue weighted by molar-refractivity contribution is 0.252. The number of aryl methyl sites for hydroxylation is 2. The second-order valence-electron chi connectivity index (χ2n) is 5.94. The normalized spacial score (nSPS) is 12.9. The molecule has 1 aliphatic heterocycles. The Bertz CT molecular complexity index is 748. The van der Waals surface area contributed by atoms with Crippen molar-refractivity contribution in [2.75, 3.05) is 23.7 Å². The second kappa shape index (κ2) is 7.29. The van der Waals surface area contributed by atoms with Crippen LogP contribution in [0.5, 0.6) is 0 Å². The first kappa shape index (κ1) is 16.2. The Balaban J connectivity index is 1.49. The lowest BCUT2D eigenvalue weighted by Gasteiger charge is -2.17. The molecule has 2 aromatic rings. The molecule has 24 heavy (non-hydrogen) atoms. The van der Waals surface area contributed by atoms with Crippen LogP contribution in [0.1, 0.15) is 23.2 Å². The Kier molecular flexibility index (Phi) is 4.93. The number of halogens is 1. The summed E-state index contributed by atoms with van der Waals surface area (Å²) in [7, 11) is 0. The number of nitrogens with one attached hydrogen (secondary N) is 3. The second-order valence-corrected chi connectivity index (χ2v) is 5.94. The molecule has 3 N–H and O–H groups in total. The topological polar surface area (TPSA) is 66.0 Å². The van der Waals surface area contributed by atoms with E-state index in [9.17, 15) is 9.18 Å². The minimum atomic E-state index is -0.352. The first-order chi connectivity index (χ1) is 11.6. The Morgan fingerprint density at radius 1 is 1.33 bits per heavy atom. The Hall–Kier alpha value is -2.63. The maximum Gasteiger partial charge on any atom is 0.319 e. The lowest BCUT2D eigenvalue weighted by atomic mass is 10.1. The first-order valence-electron chi connectivity index (χ1n) is 8.15. The van der Waals surface area contributed by atoms with Crippen LogP contribution in [0.4, 0.5) is 20.7 Å². The van der Waals surface area contributed by atoms with Crippen LogP contribution in [0.3, 0.4) is 0 Å². The van der Waals surface area contributed by atoms with Gasteiger partial charge in [-0.05, 0) is 49.1 Å². The molecule has 0 saturated heterocycles. The summed E-state index contributed by atoms with van der Waals surface area (Å²) in [5.74, 6) is 0.622. The highest BCUT2D eigenvalue weighted by Gasteiger charge is 2.10.